The van der Waals surface area contributed by atoms with Gasteiger partial charge in [-0.2, -0.15) is 13.2 Å². The molecule has 6 heteroatoms. The Balaban J connectivity index is 1.82. The minimum atomic E-state index is -4.27. The van der Waals surface area contributed by atoms with E-state index in [9.17, 15) is 13.2 Å². The van der Waals surface area contributed by atoms with E-state index in [-0.39, 0.29) is 5.84 Å². The molecule has 122 valence electrons. The first-order chi connectivity index (χ1) is 10.4. The molecule has 0 aromatic heterocycles. The highest BCUT2D eigenvalue weighted by atomic mass is 19.4. The largest absolute Gasteiger partial charge is 0.416 e. The van der Waals surface area contributed by atoms with Crippen LogP contribution in [0.15, 0.2) is 24.3 Å². The van der Waals surface area contributed by atoms with E-state index in [1.54, 1.807) is 12.1 Å². The number of halogens is 3. The number of benzene rings is 1. The SMILES string of the molecule is N=C(N)CCCN1CCC(c2ccc(C(F)(F)F)cc2)CC1. The van der Waals surface area contributed by atoms with E-state index in [1.165, 1.54) is 12.1 Å². The smallest absolute Gasteiger partial charge is 0.388 e. The highest BCUT2D eigenvalue weighted by molar-refractivity contribution is 5.76. The molecular formula is C16H22F3N3. The van der Waals surface area contributed by atoms with Crippen molar-refractivity contribution in [1.29, 1.82) is 5.41 Å². The summed E-state index contributed by atoms with van der Waals surface area (Å²) in [6.07, 6.45) is -0.825. The summed E-state index contributed by atoms with van der Waals surface area (Å²) in [6, 6.07) is 5.57. The Morgan fingerprint density at radius 2 is 1.77 bits per heavy atom. The molecule has 1 fully saturated rings. The molecule has 0 bridgehead atoms. The lowest BCUT2D eigenvalue weighted by Crippen LogP contribution is -2.34. The molecule has 0 amide bonds. The van der Waals surface area contributed by atoms with Crippen LogP contribution in [0.5, 0.6) is 0 Å². The van der Waals surface area contributed by atoms with Gasteiger partial charge in [-0.3, -0.25) is 5.41 Å². The maximum absolute atomic E-state index is 12.6. The molecule has 1 aromatic carbocycles. The Morgan fingerprint density at radius 3 is 2.27 bits per heavy atom. The topological polar surface area (TPSA) is 53.1 Å². The second kappa shape index (κ2) is 7.13. The monoisotopic (exact) mass is 313 g/mol. The zero-order valence-electron chi connectivity index (χ0n) is 12.5. The number of rotatable bonds is 5. The molecule has 0 unspecified atom stereocenters. The summed E-state index contributed by atoms with van der Waals surface area (Å²) in [5.74, 6) is 0.561. The minimum Gasteiger partial charge on any atom is -0.388 e. The second-order valence-corrected chi connectivity index (χ2v) is 5.86. The molecule has 2 rings (SSSR count). The van der Waals surface area contributed by atoms with E-state index in [1.807, 2.05) is 0 Å². The van der Waals surface area contributed by atoms with Gasteiger partial charge in [0.25, 0.3) is 0 Å². The molecule has 0 aliphatic carbocycles. The summed E-state index contributed by atoms with van der Waals surface area (Å²) in [5, 5.41) is 7.20. The molecule has 0 saturated carbocycles. The van der Waals surface area contributed by atoms with Gasteiger partial charge in [-0.25, -0.2) is 0 Å². The van der Waals surface area contributed by atoms with Gasteiger partial charge >= 0.3 is 6.18 Å². The summed E-state index contributed by atoms with van der Waals surface area (Å²) in [5.41, 5.74) is 5.74. The Hall–Kier alpha value is -1.56. The number of amidine groups is 1. The highest BCUT2D eigenvalue weighted by Gasteiger charge is 2.30. The standard InChI is InChI=1S/C16H22F3N3/c17-16(18,19)14-5-3-12(4-6-14)13-7-10-22(11-8-13)9-1-2-15(20)21/h3-6,13H,1-2,7-11H2,(H3,20,21). The van der Waals surface area contributed by atoms with Gasteiger partial charge in [0.1, 0.15) is 0 Å². The number of hydrogen-bond acceptors (Lipinski definition) is 2. The summed E-state index contributed by atoms with van der Waals surface area (Å²) in [4.78, 5) is 2.34. The molecule has 3 N–H and O–H groups in total. The fourth-order valence-electron chi connectivity index (χ4n) is 2.93. The van der Waals surface area contributed by atoms with E-state index in [0.29, 0.717) is 12.3 Å². The van der Waals surface area contributed by atoms with Gasteiger partial charge in [0.05, 0.1) is 11.4 Å². The lowest BCUT2D eigenvalue weighted by molar-refractivity contribution is -0.137. The molecule has 1 aliphatic heterocycles. The molecule has 1 saturated heterocycles. The van der Waals surface area contributed by atoms with Crippen LogP contribution in [0, 0.1) is 5.41 Å². The molecule has 1 aliphatic rings. The third-order valence-electron chi connectivity index (χ3n) is 4.22. The Bertz CT molecular complexity index is 488. The molecule has 0 atom stereocenters. The molecule has 3 nitrogen and oxygen atoms in total. The number of hydrogen-bond donors (Lipinski definition) is 2. The van der Waals surface area contributed by atoms with Crippen molar-refractivity contribution in [3.8, 4) is 0 Å². The molecule has 22 heavy (non-hydrogen) atoms. The lowest BCUT2D eigenvalue weighted by Gasteiger charge is -2.32. The third kappa shape index (κ3) is 4.73. The lowest BCUT2D eigenvalue weighted by atomic mass is 9.89. The molecule has 1 heterocycles. The minimum absolute atomic E-state index is 0.222. The van der Waals surface area contributed by atoms with Gasteiger partial charge in [0, 0.05) is 6.42 Å². The maximum atomic E-state index is 12.6. The van der Waals surface area contributed by atoms with Gasteiger partial charge in [0.2, 0.25) is 0 Å². The number of alkyl halides is 3. The van der Waals surface area contributed by atoms with E-state index < -0.39 is 11.7 Å². The normalized spacial score (nSPS) is 17.6. The van der Waals surface area contributed by atoms with Gasteiger partial charge in [-0.1, -0.05) is 12.1 Å². The van der Waals surface area contributed by atoms with Crippen LogP contribution in [-0.2, 0) is 6.18 Å². The van der Waals surface area contributed by atoms with Crippen molar-refractivity contribution in [2.75, 3.05) is 19.6 Å². The average Bonchev–Trinajstić information content (AvgIpc) is 2.47. The van der Waals surface area contributed by atoms with Crippen molar-refractivity contribution in [3.63, 3.8) is 0 Å². The number of nitrogens with zero attached hydrogens (tertiary/aromatic N) is 1. The predicted molar refractivity (Wildman–Crippen MR) is 81.0 cm³/mol. The van der Waals surface area contributed by atoms with Crippen LogP contribution in [-0.4, -0.2) is 30.4 Å². The van der Waals surface area contributed by atoms with E-state index in [0.717, 1.165) is 44.5 Å². The van der Waals surface area contributed by atoms with Crippen molar-refractivity contribution in [1.82, 2.24) is 4.90 Å². The van der Waals surface area contributed by atoms with Crippen molar-refractivity contribution >= 4 is 5.84 Å². The summed E-state index contributed by atoms with van der Waals surface area (Å²) < 4.78 is 37.7. The number of likely N-dealkylation sites (tertiary alicyclic amines) is 1. The molecule has 0 spiro atoms. The van der Waals surface area contributed by atoms with Crippen molar-refractivity contribution in [3.05, 3.63) is 35.4 Å². The number of nitrogens with two attached hydrogens (primary N) is 1. The van der Waals surface area contributed by atoms with Crippen molar-refractivity contribution in [2.45, 2.75) is 37.8 Å². The van der Waals surface area contributed by atoms with Crippen molar-refractivity contribution in [2.24, 2.45) is 5.73 Å². The van der Waals surface area contributed by atoms with Gasteiger partial charge < -0.3 is 10.6 Å². The van der Waals surface area contributed by atoms with Crippen LogP contribution in [0.4, 0.5) is 13.2 Å². The highest BCUT2D eigenvalue weighted by Crippen LogP contribution is 2.32. The van der Waals surface area contributed by atoms with Gasteiger partial charge in [-0.15, -0.1) is 0 Å². The second-order valence-electron chi connectivity index (χ2n) is 5.86. The summed E-state index contributed by atoms with van der Waals surface area (Å²) in [7, 11) is 0. The maximum Gasteiger partial charge on any atom is 0.416 e. The molecular weight excluding hydrogens is 291 g/mol. The van der Waals surface area contributed by atoms with Gasteiger partial charge in [-0.05, 0) is 62.5 Å². The third-order valence-corrected chi connectivity index (χ3v) is 4.22. The fourth-order valence-corrected chi connectivity index (χ4v) is 2.93. The molecule has 0 radical (unpaired) electrons. The summed E-state index contributed by atoms with van der Waals surface area (Å²) >= 11 is 0. The van der Waals surface area contributed by atoms with E-state index in [2.05, 4.69) is 4.90 Å². The Kier molecular flexibility index (Phi) is 5.45. The van der Waals surface area contributed by atoms with Crippen LogP contribution >= 0.6 is 0 Å². The number of nitrogens with one attached hydrogen (secondary N) is 1. The van der Waals surface area contributed by atoms with Crippen LogP contribution in [0.25, 0.3) is 0 Å². The van der Waals surface area contributed by atoms with Crippen LogP contribution in [0.3, 0.4) is 0 Å². The predicted octanol–water partition coefficient (Wildman–Crippen LogP) is 3.60. The Labute approximate surface area is 128 Å². The Morgan fingerprint density at radius 1 is 1.18 bits per heavy atom. The first-order valence-electron chi connectivity index (χ1n) is 7.58. The van der Waals surface area contributed by atoms with Crippen LogP contribution in [0.1, 0.15) is 42.7 Å². The first-order valence-corrected chi connectivity index (χ1v) is 7.58. The van der Waals surface area contributed by atoms with Crippen LogP contribution in [0.2, 0.25) is 0 Å². The zero-order valence-corrected chi connectivity index (χ0v) is 12.5. The van der Waals surface area contributed by atoms with Gasteiger partial charge in [0.15, 0.2) is 0 Å². The summed E-state index contributed by atoms with van der Waals surface area (Å²) in [6.45, 7) is 2.83. The first kappa shape index (κ1) is 16.8. The zero-order chi connectivity index (χ0) is 16.2. The quantitative estimate of drug-likeness (QED) is 0.644. The fraction of sp³-hybridized carbons (Fsp3) is 0.562. The van der Waals surface area contributed by atoms with E-state index >= 15 is 0 Å². The molecule has 1 aromatic rings. The average molecular weight is 313 g/mol. The van der Waals surface area contributed by atoms with Crippen molar-refractivity contribution < 1.29 is 13.2 Å². The number of piperidine rings is 1. The van der Waals surface area contributed by atoms with Crippen LogP contribution < -0.4 is 5.73 Å². The van der Waals surface area contributed by atoms with E-state index in [4.69, 9.17) is 11.1 Å².